The van der Waals surface area contributed by atoms with Gasteiger partial charge in [-0.3, -0.25) is 0 Å². The molecule has 0 atom stereocenters. The van der Waals surface area contributed by atoms with Crippen LogP contribution in [-0.4, -0.2) is 6.04 Å². The molecule has 0 heterocycles. The minimum Gasteiger partial charge on any atom is -0.612 e. The second-order valence-corrected chi connectivity index (χ2v) is 2.48. The van der Waals surface area contributed by atoms with E-state index >= 15 is 0 Å². The second kappa shape index (κ2) is 5.24. The van der Waals surface area contributed by atoms with Crippen LogP contribution in [0.15, 0.2) is 0 Å². The topological polar surface area (TPSA) is 35.8 Å². The van der Waals surface area contributed by atoms with Gasteiger partial charge in [-0.05, 0) is 18.9 Å². The van der Waals surface area contributed by atoms with Crippen molar-refractivity contribution in [2.24, 2.45) is 0 Å². The van der Waals surface area contributed by atoms with Crippen molar-refractivity contribution in [2.75, 3.05) is 0 Å². The van der Waals surface area contributed by atoms with Gasteiger partial charge in [0.1, 0.15) is 0 Å². The Morgan fingerprint density at radius 3 is 2.00 bits per heavy atom. The number of hydrogen-bond acceptors (Lipinski definition) is 1. The summed E-state index contributed by atoms with van der Waals surface area (Å²) in [6.45, 7) is 0. The van der Waals surface area contributed by atoms with E-state index in [0.29, 0.717) is 6.04 Å². The molecule has 1 aliphatic rings. The van der Waals surface area contributed by atoms with Crippen LogP contribution in [0.4, 0.5) is 0 Å². The summed E-state index contributed by atoms with van der Waals surface area (Å²) in [5.74, 6) is 6.85. The van der Waals surface area contributed by atoms with Crippen LogP contribution in [0.1, 0.15) is 32.1 Å². The molecule has 0 amide bonds. The Hall–Kier alpha value is 0.439. The van der Waals surface area contributed by atoms with Crippen LogP contribution in [0.3, 0.4) is 0 Å². The van der Waals surface area contributed by atoms with Gasteiger partial charge in [0.25, 0.3) is 0 Å². The van der Waals surface area contributed by atoms with Crippen LogP contribution in [0.2, 0.25) is 0 Å². The standard InChI is InChI=1S/C6H13N2.Mn/c7-8-6-4-2-1-3-5-6;/h6-8H,1-5H2;/q-1;. The van der Waals surface area contributed by atoms with Crippen LogP contribution < -0.4 is 5.43 Å². The van der Waals surface area contributed by atoms with Crippen molar-refractivity contribution < 1.29 is 17.1 Å². The van der Waals surface area contributed by atoms with Gasteiger partial charge in [0.15, 0.2) is 0 Å². The summed E-state index contributed by atoms with van der Waals surface area (Å²) in [6.07, 6.45) is 6.43. The molecule has 0 aromatic carbocycles. The minimum atomic E-state index is 0. The molecule has 2 N–H and O–H groups in total. The predicted molar refractivity (Wildman–Crippen MR) is 34.3 cm³/mol. The monoisotopic (exact) mass is 168 g/mol. The molecule has 0 aromatic heterocycles. The van der Waals surface area contributed by atoms with Crippen LogP contribution in [0, 0.1) is 0 Å². The van der Waals surface area contributed by atoms with E-state index in [2.05, 4.69) is 5.43 Å². The van der Waals surface area contributed by atoms with E-state index in [1.807, 2.05) is 0 Å². The van der Waals surface area contributed by atoms with E-state index in [-0.39, 0.29) is 17.1 Å². The maximum atomic E-state index is 6.85. The molecule has 0 unspecified atom stereocenters. The first-order valence-corrected chi connectivity index (χ1v) is 3.36. The van der Waals surface area contributed by atoms with Crippen LogP contribution in [0.25, 0.3) is 5.84 Å². The fraction of sp³-hybridized carbons (Fsp3) is 1.00. The zero-order valence-electron chi connectivity index (χ0n) is 5.49. The fourth-order valence-corrected chi connectivity index (χ4v) is 1.25. The first-order valence-electron chi connectivity index (χ1n) is 3.36. The van der Waals surface area contributed by atoms with Crippen molar-refractivity contribution in [1.82, 2.24) is 5.43 Å². The van der Waals surface area contributed by atoms with E-state index in [1.54, 1.807) is 0 Å². The predicted octanol–water partition coefficient (Wildman–Crippen LogP) is 1.87. The third-order valence-electron chi connectivity index (χ3n) is 1.81. The molecule has 1 saturated carbocycles. The molecule has 0 aromatic rings. The molecule has 0 spiro atoms. The maximum Gasteiger partial charge on any atom is 0 e. The van der Waals surface area contributed by atoms with Gasteiger partial charge in [0, 0.05) is 17.1 Å². The molecule has 1 rings (SSSR count). The molecule has 1 fully saturated rings. The normalized spacial score (nSPS) is 21.0. The first kappa shape index (κ1) is 9.44. The summed E-state index contributed by atoms with van der Waals surface area (Å²) < 4.78 is 0. The van der Waals surface area contributed by atoms with Gasteiger partial charge in [-0.25, -0.2) is 0 Å². The Morgan fingerprint density at radius 2 is 1.67 bits per heavy atom. The van der Waals surface area contributed by atoms with Gasteiger partial charge < -0.3 is 11.3 Å². The molecule has 1 radical (unpaired) electrons. The molecule has 9 heavy (non-hydrogen) atoms. The Kier molecular flexibility index (Phi) is 5.50. The van der Waals surface area contributed by atoms with Crippen molar-refractivity contribution in [1.29, 1.82) is 0 Å². The SMILES string of the molecule is [Mn].[NH-]NC1CCCCC1. The second-order valence-electron chi connectivity index (χ2n) is 2.48. The summed E-state index contributed by atoms with van der Waals surface area (Å²) in [5, 5.41) is 0. The summed E-state index contributed by atoms with van der Waals surface area (Å²) >= 11 is 0. The number of rotatable bonds is 1. The van der Waals surface area contributed by atoms with Crippen LogP contribution >= 0.6 is 0 Å². The van der Waals surface area contributed by atoms with Crippen molar-refractivity contribution >= 4 is 0 Å². The number of hydrogen-bond donors (Lipinski definition) is 1. The van der Waals surface area contributed by atoms with Crippen LogP contribution in [-0.2, 0) is 17.1 Å². The van der Waals surface area contributed by atoms with Gasteiger partial charge in [0.05, 0.1) is 0 Å². The van der Waals surface area contributed by atoms with Gasteiger partial charge >= 0.3 is 0 Å². The van der Waals surface area contributed by atoms with Gasteiger partial charge in [-0.1, -0.05) is 19.3 Å². The van der Waals surface area contributed by atoms with E-state index in [9.17, 15) is 0 Å². The molecule has 2 nitrogen and oxygen atoms in total. The van der Waals surface area contributed by atoms with Gasteiger partial charge in [-0.15, -0.1) is 0 Å². The van der Waals surface area contributed by atoms with Crippen molar-refractivity contribution in [3.05, 3.63) is 5.84 Å². The third kappa shape index (κ3) is 3.21. The maximum absolute atomic E-state index is 6.85. The van der Waals surface area contributed by atoms with Crippen molar-refractivity contribution in [3.63, 3.8) is 0 Å². The molecule has 1 aliphatic carbocycles. The molecule has 55 valence electrons. The number of nitrogens with one attached hydrogen (secondary N) is 2. The quantitative estimate of drug-likeness (QED) is 0.470. The Labute approximate surface area is 67.0 Å². The summed E-state index contributed by atoms with van der Waals surface area (Å²) in [7, 11) is 0. The Bertz CT molecular complexity index is 62.1. The molecule has 0 aliphatic heterocycles. The fourth-order valence-electron chi connectivity index (χ4n) is 1.25. The minimum absolute atomic E-state index is 0. The molecular weight excluding hydrogens is 155 g/mol. The molecule has 0 saturated heterocycles. The molecular formula is C6H13MnN2-. The van der Waals surface area contributed by atoms with Crippen LogP contribution in [0.5, 0.6) is 0 Å². The summed E-state index contributed by atoms with van der Waals surface area (Å²) in [6, 6.07) is 0.503. The zero-order chi connectivity index (χ0) is 5.82. The van der Waals surface area contributed by atoms with Crippen molar-refractivity contribution in [3.8, 4) is 0 Å². The summed E-state index contributed by atoms with van der Waals surface area (Å²) in [5.41, 5.74) is 2.55. The third-order valence-corrected chi connectivity index (χ3v) is 1.81. The van der Waals surface area contributed by atoms with E-state index in [1.165, 1.54) is 32.1 Å². The largest absolute Gasteiger partial charge is 0.612 e. The smallest absolute Gasteiger partial charge is 0 e. The first-order chi connectivity index (χ1) is 3.93. The van der Waals surface area contributed by atoms with Crippen molar-refractivity contribution in [2.45, 2.75) is 38.1 Å². The van der Waals surface area contributed by atoms with E-state index in [4.69, 9.17) is 5.84 Å². The average molecular weight is 168 g/mol. The van der Waals surface area contributed by atoms with Gasteiger partial charge in [0.2, 0.25) is 0 Å². The summed E-state index contributed by atoms with van der Waals surface area (Å²) in [4.78, 5) is 0. The zero-order valence-corrected chi connectivity index (χ0v) is 6.67. The molecule has 3 heteroatoms. The van der Waals surface area contributed by atoms with E-state index in [0.717, 1.165) is 0 Å². The average Bonchev–Trinajstić information content (AvgIpc) is 1.90. The van der Waals surface area contributed by atoms with E-state index < -0.39 is 0 Å². The Morgan fingerprint density at radius 1 is 1.11 bits per heavy atom. The molecule has 0 bridgehead atoms. The Balaban J connectivity index is 0.000000640. The van der Waals surface area contributed by atoms with Gasteiger partial charge in [-0.2, -0.15) is 0 Å².